The van der Waals surface area contributed by atoms with Gasteiger partial charge in [0.05, 0.1) is 41.7 Å². The summed E-state index contributed by atoms with van der Waals surface area (Å²) in [6, 6.07) is 7.02. The van der Waals surface area contributed by atoms with Crippen molar-refractivity contribution in [2.24, 2.45) is 0 Å². The van der Waals surface area contributed by atoms with Crippen molar-refractivity contribution in [1.82, 2.24) is 10.2 Å². The van der Waals surface area contributed by atoms with Crippen LogP contribution in [-0.2, 0) is 9.47 Å². The first-order valence-corrected chi connectivity index (χ1v) is 12.2. The van der Waals surface area contributed by atoms with Crippen LogP contribution in [0.25, 0.3) is 0 Å². The lowest BCUT2D eigenvalue weighted by molar-refractivity contribution is 0.0692. The number of thiocarbonyl (C=S) groups is 2. The van der Waals surface area contributed by atoms with Crippen LogP contribution in [0.1, 0.15) is 19.8 Å². The Morgan fingerprint density at radius 1 is 1.20 bits per heavy atom. The summed E-state index contributed by atoms with van der Waals surface area (Å²) in [6.07, 6.45) is 2.23. The molecule has 184 valence electrons. The third kappa shape index (κ3) is 5.78. The van der Waals surface area contributed by atoms with E-state index in [4.69, 9.17) is 33.9 Å². The minimum atomic E-state index is -0.569. The van der Waals surface area contributed by atoms with Gasteiger partial charge in [-0.1, -0.05) is 24.4 Å². The number of benzene rings is 1. The van der Waals surface area contributed by atoms with E-state index in [1.165, 1.54) is 17.2 Å². The first kappa shape index (κ1) is 25.0. The fourth-order valence-electron chi connectivity index (χ4n) is 4.26. The van der Waals surface area contributed by atoms with E-state index in [9.17, 15) is 10.1 Å². The summed E-state index contributed by atoms with van der Waals surface area (Å²) >= 11 is 10.5. The van der Waals surface area contributed by atoms with Crippen LogP contribution in [0.2, 0.25) is 0 Å². The molecule has 8 nitrogen and oxygen atoms in total. The number of amides is 1. The molecule has 1 N–H and O–H groups in total. The van der Waals surface area contributed by atoms with Gasteiger partial charge in [-0.25, -0.2) is 9.18 Å². The van der Waals surface area contributed by atoms with Crippen LogP contribution in [0.4, 0.5) is 20.6 Å². The largest absolute Gasteiger partial charge is 0.419 e. The molecule has 0 unspecified atom stereocenters. The van der Waals surface area contributed by atoms with Crippen LogP contribution in [0, 0.1) is 17.1 Å². The van der Waals surface area contributed by atoms with E-state index in [2.05, 4.69) is 11.4 Å². The molecule has 1 aromatic rings. The number of carbonyl (C=O) groups excluding carboxylic acids is 1. The van der Waals surface area contributed by atoms with Crippen molar-refractivity contribution in [3.63, 3.8) is 0 Å². The first-order chi connectivity index (χ1) is 16.9. The number of anilines is 2. The fraction of sp³-hybridized carbons (Fsp3) is 0.417. The molecule has 0 saturated carbocycles. The van der Waals surface area contributed by atoms with Crippen molar-refractivity contribution in [2.75, 3.05) is 55.7 Å². The van der Waals surface area contributed by atoms with E-state index >= 15 is 4.39 Å². The molecular formula is C24H26FN5O3S2. The predicted octanol–water partition coefficient (Wildman–Crippen LogP) is 3.64. The number of carbonyl (C=O) groups is 1. The third-order valence-electron chi connectivity index (χ3n) is 6.12. The number of cyclic esters (lactones) is 1. The lowest BCUT2D eigenvalue weighted by Crippen LogP contribution is -2.41. The molecule has 0 atom stereocenters. The molecule has 35 heavy (non-hydrogen) atoms. The summed E-state index contributed by atoms with van der Waals surface area (Å²) in [5, 5.41) is 12.6. The maximum absolute atomic E-state index is 15.1. The Balaban J connectivity index is 1.42. The van der Waals surface area contributed by atoms with E-state index in [1.807, 2.05) is 9.80 Å². The van der Waals surface area contributed by atoms with Crippen LogP contribution in [-0.4, -0.2) is 66.9 Å². The standard InChI is InChI=1S/C24H26FN5O3S2/c1-16(34)27-14-19-15-30(24(31)33-19)18-2-3-22(21(25)12-18)28-6-4-17(5-7-28)20(13-26)23(35)29-8-10-32-11-9-29/h2-3,12,14H,4-11,15H2,1H3,(H,27,34)/b19-14-. The summed E-state index contributed by atoms with van der Waals surface area (Å²) < 4.78 is 25.7. The van der Waals surface area contributed by atoms with Gasteiger partial charge in [-0.2, -0.15) is 5.26 Å². The highest BCUT2D eigenvalue weighted by atomic mass is 32.1. The van der Waals surface area contributed by atoms with E-state index in [-0.39, 0.29) is 6.54 Å². The van der Waals surface area contributed by atoms with Crippen molar-refractivity contribution in [3.05, 3.63) is 47.1 Å². The van der Waals surface area contributed by atoms with Gasteiger partial charge in [-0.15, -0.1) is 0 Å². The first-order valence-electron chi connectivity index (χ1n) is 11.4. The zero-order valence-electron chi connectivity index (χ0n) is 19.4. The molecule has 11 heteroatoms. The summed E-state index contributed by atoms with van der Waals surface area (Å²) in [5.41, 5.74) is 2.45. The Bertz CT molecular complexity index is 1130. The number of nitriles is 1. The van der Waals surface area contributed by atoms with Crippen LogP contribution < -0.4 is 15.1 Å². The fourth-order valence-corrected chi connectivity index (χ4v) is 4.70. The number of hydrogen-bond acceptors (Lipinski definition) is 7. The van der Waals surface area contributed by atoms with Gasteiger partial charge in [0.15, 0.2) is 0 Å². The Morgan fingerprint density at radius 3 is 2.54 bits per heavy atom. The Hall–Kier alpha value is -3.07. The topological polar surface area (TPSA) is 81.1 Å². The minimum absolute atomic E-state index is 0.186. The van der Waals surface area contributed by atoms with Crippen molar-refractivity contribution >= 4 is 51.9 Å². The van der Waals surface area contributed by atoms with Gasteiger partial charge >= 0.3 is 6.09 Å². The van der Waals surface area contributed by atoms with Crippen LogP contribution in [0.5, 0.6) is 0 Å². The van der Waals surface area contributed by atoms with Crippen molar-refractivity contribution in [3.8, 4) is 6.07 Å². The summed E-state index contributed by atoms with van der Waals surface area (Å²) in [4.78, 5) is 18.7. The number of nitrogens with one attached hydrogen (secondary N) is 1. The van der Waals surface area contributed by atoms with Gasteiger partial charge in [0.2, 0.25) is 0 Å². The summed E-state index contributed by atoms with van der Waals surface area (Å²) in [7, 11) is 0. The lowest BCUT2D eigenvalue weighted by Gasteiger charge is -2.33. The summed E-state index contributed by atoms with van der Waals surface area (Å²) in [5.74, 6) is -0.0142. The molecule has 0 aliphatic carbocycles. The third-order valence-corrected chi connectivity index (χ3v) is 6.70. The molecule has 1 aromatic carbocycles. The van der Waals surface area contributed by atoms with E-state index in [0.29, 0.717) is 84.9 Å². The Kier molecular flexibility index (Phi) is 7.95. The van der Waals surface area contributed by atoms with Crippen molar-refractivity contribution in [2.45, 2.75) is 19.8 Å². The average Bonchev–Trinajstić information content (AvgIpc) is 3.24. The van der Waals surface area contributed by atoms with E-state index in [0.717, 1.165) is 5.57 Å². The van der Waals surface area contributed by atoms with Gasteiger partial charge in [0.25, 0.3) is 0 Å². The highest BCUT2D eigenvalue weighted by Gasteiger charge is 2.30. The highest BCUT2D eigenvalue weighted by molar-refractivity contribution is 7.80. The Labute approximate surface area is 214 Å². The number of morpholine rings is 1. The second-order valence-electron chi connectivity index (χ2n) is 8.38. The smallest absolute Gasteiger partial charge is 0.411 e. The number of rotatable bonds is 4. The average molecular weight is 516 g/mol. The lowest BCUT2D eigenvalue weighted by atomic mass is 9.97. The van der Waals surface area contributed by atoms with Crippen LogP contribution in [0.15, 0.2) is 41.3 Å². The van der Waals surface area contributed by atoms with Gasteiger partial charge in [-0.3, -0.25) is 4.90 Å². The molecule has 0 spiro atoms. The number of halogens is 1. The molecule has 1 amide bonds. The monoisotopic (exact) mass is 515 g/mol. The molecule has 3 heterocycles. The molecule has 3 saturated heterocycles. The normalized spacial score (nSPS) is 19.5. The molecule has 0 radical (unpaired) electrons. The highest BCUT2D eigenvalue weighted by Crippen LogP contribution is 2.31. The van der Waals surface area contributed by atoms with Gasteiger partial charge < -0.3 is 24.6 Å². The molecule has 0 aromatic heterocycles. The minimum Gasteiger partial charge on any atom is -0.411 e. The molecule has 3 fully saturated rings. The number of nitrogens with zero attached hydrogens (tertiary/aromatic N) is 4. The quantitative estimate of drug-likeness (QED) is 0.367. The van der Waals surface area contributed by atoms with Crippen molar-refractivity contribution < 1.29 is 18.7 Å². The molecule has 4 rings (SSSR count). The molecule has 3 aliphatic rings. The number of ether oxygens (including phenoxy) is 2. The van der Waals surface area contributed by atoms with E-state index in [1.54, 1.807) is 19.1 Å². The molecule has 0 bridgehead atoms. The molecular weight excluding hydrogens is 489 g/mol. The number of hydrogen-bond donors (Lipinski definition) is 1. The zero-order chi connectivity index (χ0) is 24.9. The van der Waals surface area contributed by atoms with Gasteiger partial charge in [-0.05, 0) is 43.5 Å². The van der Waals surface area contributed by atoms with Gasteiger partial charge in [0.1, 0.15) is 22.6 Å². The molecule has 3 aliphatic heterocycles. The Morgan fingerprint density at radius 2 is 1.91 bits per heavy atom. The second kappa shape index (κ2) is 11.1. The number of piperidine rings is 1. The summed E-state index contributed by atoms with van der Waals surface area (Å²) in [6.45, 7) is 5.63. The van der Waals surface area contributed by atoms with Crippen LogP contribution in [0.3, 0.4) is 0 Å². The SMILES string of the molecule is CC(=S)N/C=C1/CN(c2ccc(N3CCC(=C(C#N)C(=S)N4CCOCC4)CC3)c(F)c2)C(=O)O1. The second-order valence-corrected chi connectivity index (χ2v) is 9.38. The maximum atomic E-state index is 15.1. The zero-order valence-corrected chi connectivity index (χ0v) is 21.0. The van der Waals surface area contributed by atoms with Crippen molar-refractivity contribution in [1.29, 1.82) is 5.26 Å². The van der Waals surface area contributed by atoms with E-state index < -0.39 is 11.9 Å². The van der Waals surface area contributed by atoms with Crippen LogP contribution >= 0.6 is 24.4 Å². The van der Waals surface area contributed by atoms with Gasteiger partial charge in [0, 0.05) is 32.4 Å². The maximum Gasteiger partial charge on any atom is 0.419 e. The predicted molar refractivity (Wildman–Crippen MR) is 139 cm³/mol.